The first-order valence-electron chi connectivity index (χ1n) is 5.66. The molecule has 0 aromatic heterocycles. The van der Waals surface area contributed by atoms with Gasteiger partial charge in [0.15, 0.2) is 6.29 Å². The standard InChI is InChI=1S/C11H22O5/c1-5-6-15-9-8(13-3)7(2)16-11(12)10(9)14-4/h7-12H,5-6H2,1-4H3/t7-,8-,9+,10+,11+/m0/s1. The summed E-state index contributed by atoms with van der Waals surface area (Å²) < 4.78 is 21.6. The first-order valence-corrected chi connectivity index (χ1v) is 5.66. The SMILES string of the molecule is CCCO[C@@H]1[C@@H](OC)[C@H](C)O[C@@H](O)[C@@H]1OC. The third kappa shape index (κ3) is 2.93. The Kier molecular flexibility index (Phi) is 5.64. The summed E-state index contributed by atoms with van der Waals surface area (Å²) in [5, 5.41) is 9.74. The monoisotopic (exact) mass is 234 g/mol. The van der Waals surface area contributed by atoms with Crippen LogP contribution in [0.3, 0.4) is 0 Å². The van der Waals surface area contributed by atoms with Crippen molar-refractivity contribution in [2.45, 2.75) is 51.0 Å². The second-order valence-corrected chi connectivity index (χ2v) is 3.97. The minimum atomic E-state index is -0.965. The van der Waals surface area contributed by atoms with Crippen LogP contribution in [0.15, 0.2) is 0 Å². The maximum Gasteiger partial charge on any atom is 0.184 e. The van der Waals surface area contributed by atoms with E-state index in [4.69, 9.17) is 18.9 Å². The summed E-state index contributed by atoms with van der Waals surface area (Å²) in [6, 6.07) is 0. The molecule has 1 aliphatic heterocycles. The molecule has 1 saturated heterocycles. The minimum absolute atomic E-state index is 0.215. The summed E-state index contributed by atoms with van der Waals surface area (Å²) in [6.07, 6.45) is -1.29. The molecule has 1 aliphatic rings. The number of rotatable bonds is 5. The molecule has 0 amide bonds. The van der Waals surface area contributed by atoms with Crippen LogP contribution in [0.5, 0.6) is 0 Å². The van der Waals surface area contributed by atoms with Crippen molar-refractivity contribution in [3.8, 4) is 0 Å². The van der Waals surface area contributed by atoms with E-state index in [9.17, 15) is 5.11 Å². The van der Waals surface area contributed by atoms with Crippen molar-refractivity contribution in [1.29, 1.82) is 0 Å². The summed E-state index contributed by atoms with van der Waals surface area (Å²) in [5.41, 5.74) is 0. The van der Waals surface area contributed by atoms with Gasteiger partial charge in [-0.1, -0.05) is 6.92 Å². The molecule has 5 nitrogen and oxygen atoms in total. The summed E-state index contributed by atoms with van der Waals surface area (Å²) >= 11 is 0. The van der Waals surface area contributed by atoms with Gasteiger partial charge in [0.1, 0.15) is 18.3 Å². The van der Waals surface area contributed by atoms with Crippen LogP contribution in [0.2, 0.25) is 0 Å². The van der Waals surface area contributed by atoms with Crippen LogP contribution < -0.4 is 0 Å². The van der Waals surface area contributed by atoms with Gasteiger partial charge in [0.25, 0.3) is 0 Å². The van der Waals surface area contributed by atoms with Crippen LogP contribution in [0, 0.1) is 0 Å². The van der Waals surface area contributed by atoms with E-state index in [1.165, 1.54) is 7.11 Å². The Balaban J connectivity index is 2.72. The highest BCUT2D eigenvalue weighted by Crippen LogP contribution is 2.26. The van der Waals surface area contributed by atoms with E-state index in [-0.39, 0.29) is 18.3 Å². The van der Waals surface area contributed by atoms with Crippen LogP contribution in [0.25, 0.3) is 0 Å². The second-order valence-electron chi connectivity index (χ2n) is 3.97. The van der Waals surface area contributed by atoms with E-state index in [0.29, 0.717) is 6.61 Å². The highest BCUT2D eigenvalue weighted by Gasteiger charge is 2.44. The van der Waals surface area contributed by atoms with Crippen LogP contribution >= 0.6 is 0 Å². The molecule has 1 rings (SSSR count). The third-order valence-electron chi connectivity index (χ3n) is 2.80. The average Bonchev–Trinajstić information content (AvgIpc) is 2.26. The van der Waals surface area contributed by atoms with Gasteiger partial charge in [-0.3, -0.25) is 0 Å². The molecule has 1 heterocycles. The molecule has 0 aromatic carbocycles. The Labute approximate surface area is 96.6 Å². The lowest BCUT2D eigenvalue weighted by atomic mass is 9.99. The van der Waals surface area contributed by atoms with Crippen molar-refractivity contribution in [2.24, 2.45) is 0 Å². The lowest BCUT2D eigenvalue weighted by molar-refractivity contribution is -0.295. The highest BCUT2D eigenvalue weighted by molar-refractivity contribution is 4.90. The van der Waals surface area contributed by atoms with E-state index in [1.807, 2.05) is 13.8 Å². The van der Waals surface area contributed by atoms with Crippen molar-refractivity contribution < 1.29 is 24.1 Å². The fourth-order valence-electron chi connectivity index (χ4n) is 2.01. The van der Waals surface area contributed by atoms with Crippen LogP contribution in [-0.4, -0.2) is 56.6 Å². The molecule has 0 unspecified atom stereocenters. The van der Waals surface area contributed by atoms with Gasteiger partial charge in [-0.2, -0.15) is 0 Å². The van der Waals surface area contributed by atoms with Crippen molar-refractivity contribution in [3.05, 3.63) is 0 Å². The topological polar surface area (TPSA) is 57.2 Å². The number of ether oxygens (including phenoxy) is 4. The van der Waals surface area contributed by atoms with Crippen LogP contribution in [-0.2, 0) is 18.9 Å². The van der Waals surface area contributed by atoms with Gasteiger partial charge in [0.05, 0.1) is 6.10 Å². The Hall–Kier alpha value is -0.200. The first-order chi connectivity index (χ1) is 7.65. The Morgan fingerprint density at radius 3 is 2.25 bits per heavy atom. The molecular weight excluding hydrogens is 212 g/mol. The molecule has 0 aromatic rings. The maximum atomic E-state index is 9.74. The number of aliphatic hydroxyl groups is 1. The summed E-state index contributed by atoms with van der Waals surface area (Å²) in [4.78, 5) is 0. The molecule has 96 valence electrons. The third-order valence-corrected chi connectivity index (χ3v) is 2.80. The predicted molar refractivity (Wildman–Crippen MR) is 58.2 cm³/mol. The van der Waals surface area contributed by atoms with Crippen molar-refractivity contribution >= 4 is 0 Å². The summed E-state index contributed by atoms with van der Waals surface area (Å²) in [6.45, 7) is 4.50. The van der Waals surface area contributed by atoms with E-state index >= 15 is 0 Å². The zero-order chi connectivity index (χ0) is 12.1. The van der Waals surface area contributed by atoms with Gasteiger partial charge in [-0.25, -0.2) is 0 Å². The number of hydrogen-bond acceptors (Lipinski definition) is 5. The van der Waals surface area contributed by atoms with Gasteiger partial charge >= 0.3 is 0 Å². The van der Waals surface area contributed by atoms with Crippen LogP contribution in [0.1, 0.15) is 20.3 Å². The second kappa shape index (κ2) is 6.51. The molecule has 5 heteroatoms. The van der Waals surface area contributed by atoms with E-state index in [1.54, 1.807) is 7.11 Å². The van der Waals surface area contributed by atoms with E-state index in [2.05, 4.69) is 0 Å². The summed E-state index contributed by atoms with van der Waals surface area (Å²) in [7, 11) is 3.14. The lowest BCUT2D eigenvalue weighted by Crippen LogP contribution is -2.59. The van der Waals surface area contributed by atoms with Crippen molar-refractivity contribution in [1.82, 2.24) is 0 Å². The molecule has 5 atom stereocenters. The summed E-state index contributed by atoms with van der Waals surface area (Å²) in [5.74, 6) is 0. The van der Waals surface area contributed by atoms with Gasteiger partial charge in [0, 0.05) is 20.8 Å². The van der Waals surface area contributed by atoms with E-state index < -0.39 is 12.4 Å². The fourth-order valence-corrected chi connectivity index (χ4v) is 2.01. The smallest absolute Gasteiger partial charge is 0.184 e. The van der Waals surface area contributed by atoms with Crippen molar-refractivity contribution in [3.63, 3.8) is 0 Å². The number of hydrogen-bond donors (Lipinski definition) is 1. The molecule has 0 saturated carbocycles. The molecule has 0 aliphatic carbocycles. The molecule has 1 fully saturated rings. The molecule has 0 radical (unpaired) electrons. The maximum absolute atomic E-state index is 9.74. The Morgan fingerprint density at radius 1 is 1.12 bits per heavy atom. The van der Waals surface area contributed by atoms with E-state index in [0.717, 1.165) is 6.42 Å². The van der Waals surface area contributed by atoms with Crippen molar-refractivity contribution in [2.75, 3.05) is 20.8 Å². The lowest BCUT2D eigenvalue weighted by Gasteiger charge is -2.42. The number of aliphatic hydroxyl groups excluding tert-OH is 1. The molecule has 0 bridgehead atoms. The molecule has 1 N–H and O–H groups in total. The van der Waals surface area contributed by atoms with Gasteiger partial charge < -0.3 is 24.1 Å². The average molecular weight is 234 g/mol. The normalized spacial score (nSPS) is 39.9. The Morgan fingerprint density at radius 2 is 1.75 bits per heavy atom. The first kappa shape index (κ1) is 13.9. The molecule has 16 heavy (non-hydrogen) atoms. The zero-order valence-corrected chi connectivity index (χ0v) is 10.4. The Bertz CT molecular complexity index is 183. The van der Waals surface area contributed by atoms with Gasteiger partial charge in [0.2, 0.25) is 0 Å². The predicted octanol–water partition coefficient (Wildman–Crippen LogP) is 0.549. The van der Waals surface area contributed by atoms with Gasteiger partial charge in [-0.15, -0.1) is 0 Å². The minimum Gasteiger partial charge on any atom is -0.376 e. The highest BCUT2D eigenvalue weighted by atomic mass is 16.7. The molecule has 0 spiro atoms. The zero-order valence-electron chi connectivity index (χ0n) is 10.4. The number of methoxy groups -OCH3 is 2. The molecular formula is C11H22O5. The quantitative estimate of drug-likeness (QED) is 0.752. The largest absolute Gasteiger partial charge is 0.376 e. The van der Waals surface area contributed by atoms with Gasteiger partial charge in [-0.05, 0) is 13.3 Å². The fraction of sp³-hybridized carbons (Fsp3) is 1.00. The van der Waals surface area contributed by atoms with Crippen LogP contribution in [0.4, 0.5) is 0 Å².